The molecule has 0 aliphatic rings. The van der Waals surface area contributed by atoms with Gasteiger partial charge in [0.05, 0.1) is 28.4 Å². The third kappa shape index (κ3) is 4.24. The molecule has 0 unspecified atom stereocenters. The fraction of sp³-hybridized carbons (Fsp3) is 0.222. The number of aryl methyl sites for hydroxylation is 2. The SMILES string of the molecule is CCn1c(=O)n(CCC(=O)NCc2ccc(Cn3cnc4ccccc43)cc2)c2ccccc21. The summed E-state index contributed by atoms with van der Waals surface area (Å²) in [6.45, 7) is 4.11. The van der Waals surface area contributed by atoms with Crippen molar-refractivity contribution in [1.82, 2.24) is 24.0 Å². The number of rotatable bonds is 8. The maximum absolute atomic E-state index is 12.7. The van der Waals surface area contributed by atoms with Crippen molar-refractivity contribution in [2.45, 2.75) is 39.5 Å². The second kappa shape index (κ2) is 9.39. The van der Waals surface area contributed by atoms with Gasteiger partial charge in [-0.15, -0.1) is 0 Å². The summed E-state index contributed by atoms with van der Waals surface area (Å²) in [5.74, 6) is -0.0748. The molecule has 7 heteroatoms. The van der Waals surface area contributed by atoms with E-state index in [1.165, 1.54) is 5.56 Å². The molecule has 0 spiro atoms. The summed E-state index contributed by atoms with van der Waals surface area (Å²) in [5.41, 5.74) is 6.00. The zero-order chi connectivity index (χ0) is 23.5. The molecule has 1 amide bonds. The minimum atomic E-state index is -0.0748. The Labute approximate surface area is 197 Å². The Morgan fingerprint density at radius 2 is 1.50 bits per heavy atom. The first-order chi connectivity index (χ1) is 16.6. The fourth-order valence-corrected chi connectivity index (χ4v) is 4.39. The summed E-state index contributed by atoms with van der Waals surface area (Å²) in [5, 5.41) is 2.97. The normalized spacial score (nSPS) is 11.3. The number of para-hydroxylation sites is 4. The largest absolute Gasteiger partial charge is 0.352 e. The average Bonchev–Trinajstić information content (AvgIpc) is 3.40. The molecule has 0 bridgehead atoms. The van der Waals surface area contributed by atoms with Crippen LogP contribution in [0.15, 0.2) is 83.9 Å². The molecular weight excluding hydrogens is 426 g/mol. The van der Waals surface area contributed by atoms with Crippen LogP contribution in [0.1, 0.15) is 24.5 Å². The van der Waals surface area contributed by atoms with E-state index in [4.69, 9.17) is 0 Å². The molecule has 5 rings (SSSR count). The van der Waals surface area contributed by atoms with Gasteiger partial charge in [-0.2, -0.15) is 0 Å². The maximum atomic E-state index is 12.7. The van der Waals surface area contributed by atoms with Crippen LogP contribution in [0.4, 0.5) is 0 Å². The van der Waals surface area contributed by atoms with Crippen LogP contribution in [0, 0.1) is 0 Å². The quantitative estimate of drug-likeness (QED) is 0.387. The summed E-state index contributed by atoms with van der Waals surface area (Å²) in [4.78, 5) is 29.6. The molecule has 7 nitrogen and oxygen atoms in total. The van der Waals surface area contributed by atoms with Crippen LogP contribution in [0.3, 0.4) is 0 Å². The molecule has 0 aliphatic heterocycles. The average molecular weight is 454 g/mol. The minimum absolute atomic E-state index is 0.0715. The standard InChI is InChI=1S/C27H27N5O2/c1-2-31-24-9-5-6-10-25(24)32(27(31)34)16-15-26(33)28-17-20-11-13-21(14-12-20)18-30-19-29-22-7-3-4-8-23(22)30/h3-14,19H,2,15-18H2,1H3,(H,28,33). The highest BCUT2D eigenvalue weighted by atomic mass is 16.2. The number of hydrogen-bond acceptors (Lipinski definition) is 3. The molecule has 0 aliphatic carbocycles. The second-order valence-corrected chi connectivity index (χ2v) is 8.37. The maximum Gasteiger partial charge on any atom is 0.329 e. The van der Waals surface area contributed by atoms with Gasteiger partial charge in [0.1, 0.15) is 0 Å². The predicted octanol–water partition coefficient (Wildman–Crippen LogP) is 3.93. The number of carbonyl (C=O) groups is 1. The van der Waals surface area contributed by atoms with Gasteiger partial charge in [0.2, 0.25) is 5.91 Å². The monoisotopic (exact) mass is 453 g/mol. The first-order valence-corrected chi connectivity index (χ1v) is 11.6. The van der Waals surface area contributed by atoms with Crippen LogP contribution >= 0.6 is 0 Å². The fourth-order valence-electron chi connectivity index (χ4n) is 4.39. The van der Waals surface area contributed by atoms with E-state index in [1.807, 2.05) is 67.8 Å². The Kier molecular flexibility index (Phi) is 5.99. The number of amides is 1. The van der Waals surface area contributed by atoms with E-state index in [0.29, 0.717) is 19.6 Å². The lowest BCUT2D eigenvalue weighted by Crippen LogP contribution is -2.28. The van der Waals surface area contributed by atoms with Gasteiger partial charge in [-0.25, -0.2) is 9.78 Å². The van der Waals surface area contributed by atoms with Crippen molar-refractivity contribution in [1.29, 1.82) is 0 Å². The molecule has 0 fully saturated rings. The van der Waals surface area contributed by atoms with Gasteiger partial charge in [-0.1, -0.05) is 48.5 Å². The lowest BCUT2D eigenvalue weighted by atomic mass is 10.1. The van der Waals surface area contributed by atoms with E-state index in [0.717, 1.165) is 34.2 Å². The zero-order valence-electron chi connectivity index (χ0n) is 19.1. The van der Waals surface area contributed by atoms with E-state index < -0.39 is 0 Å². The van der Waals surface area contributed by atoms with Gasteiger partial charge in [0.25, 0.3) is 0 Å². The van der Waals surface area contributed by atoms with Crippen molar-refractivity contribution in [3.05, 3.63) is 101 Å². The van der Waals surface area contributed by atoms with E-state index in [2.05, 4.69) is 33.1 Å². The summed E-state index contributed by atoms with van der Waals surface area (Å²) in [6.07, 6.45) is 2.12. The van der Waals surface area contributed by atoms with Gasteiger partial charge in [-0.3, -0.25) is 13.9 Å². The Hall–Kier alpha value is -4.13. The molecule has 0 saturated heterocycles. The molecule has 1 N–H and O–H groups in total. The van der Waals surface area contributed by atoms with Gasteiger partial charge >= 0.3 is 5.69 Å². The molecule has 0 radical (unpaired) electrons. The third-order valence-corrected chi connectivity index (χ3v) is 6.20. The number of carbonyl (C=O) groups excluding carboxylic acids is 1. The molecule has 0 saturated carbocycles. The van der Waals surface area contributed by atoms with Crippen molar-refractivity contribution in [2.75, 3.05) is 0 Å². The summed E-state index contributed by atoms with van der Waals surface area (Å²) >= 11 is 0. The smallest absolute Gasteiger partial charge is 0.329 e. The highest BCUT2D eigenvalue weighted by Gasteiger charge is 2.12. The van der Waals surface area contributed by atoms with Crippen molar-refractivity contribution >= 4 is 28.0 Å². The summed E-state index contributed by atoms with van der Waals surface area (Å²) in [7, 11) is 0. The minimum Gasteiger partial charge on any atom is -0.352 e. The van der Waals surface area contributed by atoms with Crippen LogP contribution in [-0.2, 0) is 31.0 Å². The molecule has 34 heavy (non-hydrogen) atoms. The number of nitrogens with zero attached hydrogens (tertiary/aromatic N) is 4. The van der Waals surface area contributed by atoms with Crippen molar-refractivity contribution in [2.24, 2.45) is 0 Å². The molecule has 2 aromatic heterocycles. The van der Waals surface area contributed by atoms with Crippen molar-refractivity contribution in [3.8, 4) is 0 Å². The van der Waals surface area contributed by atoms with Gasteiger partial charge in [0, 0.05) is 32.6 Å². The van der Waals surface area contributed by atoms with E-state index >= 15 is 0 Å². The molecule has 172 valence electrons. The number of nitrogens with one attached hydrogen (secondary N) is 1. The summed E-state index contributed by atoms with van der Waals surface area (Å²) in [6, 6.07) is 24.0. The zero-order valence-corrected chi connectivity index (χ0v) is 19.1. The molecular formula is C27H27N5O2. The van der Waals surface area contributed by atoms with Crippen molar-refractivity contribution < 1.29 is 4.79 Å². The topological polar surface area (TPSA) is 73.8 Å². The lowest BCUT2D eigenvalue weighted by Gasteiger charge is -2.08. The molecule has 3 aromatic carbocycles. The number of imidazole rings is 2. The lowest BCUT2D eigenvalue weighted by molar-refractivity contribution is -0.121. The van der Waals surface area contributed by atoms with Crippen LogP contribution in [-0.4, -0.2) is 24.6 Å². The number of aromatic nitrogens is 4. The van der Waals surface area contributed by atoms with Gasteiger partial charge in [0.15, 0.2) is 0 Å². The third-order valence-electron chi connectivity index (χ3n) is 6.20. The van der Waals surface area contributed by atoms with E-state index in [9.17, 15) is 9.59 Å². The van der Waals surface area contributed by atoms with Crippen LogP contribution in [0.5, 0.6) is 0 Å². The van der Waals surface area contributed by atoms with Crippen LogP contribution in [0.25, 0.3) is 22.1 Å². The Bertz CT molecular complexity index is 1510. The Morgan fingerprint density at radius 3 is 2.24 bits per heavy atom. The molecule has 2 heterocycles. The number of benzene rings is 3. The van der Waals surface area contributed by atoms with Gasteiger partial charge in [-0.05, 0) is 42.3 Å². The second-order valence-electron chi connectivity index (χ2n) is 8.37. The van der Waals surface area contributed by atoms with Crippen LogP contribution < -0.4 is 11.0 Å². The molecule has 5 aromatic rings. The van der Waals surface area contributed by atoms with E-state index in [1.54, 1.807) is 9.13 Å². The highest BCUT2D eigenvalue weighted by molar-refractivity contribution is 5.78. The Balaban J connectivity index is 1.17. The van der Waals surface area contributed by atoms with Crippen molar-refractivity contribution in [3.63, 3.8) is 0 Å². The van der Waals surface area contributed by atoms with Gasteiger partial charge < -0.3 is 9.88 Å². The number of fused-ring (bicyclic) bond motifs is 2. The summed E-state index contributed by atoms with van der Waals surface area (Å²) < 4.78 is 5.55. The number of hydrogen-bond donors (Lipinski definition) is 1. The predicted molar refractivity (Wildman–Crippen MR) is 134 cm³/mol. The highest BCUT2D eigenvalue weighted by Crippen LogP contribution is 2.15. The molecule has 0 atom stereocenters. The first kappa shape index (κ1) is 21.7. The van der Waals surface area contributed by atoms with E-state index in [-0.39, 0.29) is 18.0 Å². The van der Waals surface area contributed by atoms with Crippen LogP contribution in [0.2, 0.25) is 0 Å². The Morgan fingerprint density at radius 1 is 0.853 bits per heavy atom. The first-order valence-electron chi connectivity index (χ1n) is 11.6.